The van der Waals surface area contributed by atoms with E-state index in [0.29, 0.717) is 12.8 Å². The van der Waals surface area contributed by atoms with Gasteiger partial charge in [0.05, 0.1) is 23.3 Å². The lowest BCUT2D eigenvalue weighted by Crippen LogP contribution is -2.49. The predicted octanol–water partition coefficient (Wildman–Crippen LogP) is 1.02. The van der Waals surface area contributed by atoms with Crippen molar-refractivity contribution < 1.29 is 44.3 Å². The van der Waals surface area contributed by atoms with Crippen LogP contribution in [0.15, 0.2) is 24.3 Å². The highest BCUT2D eigenvalue weighted by atomic mass is 16.7. The van der Waals surface area contributed by atoms with Crippen LogP contribution in [0.1, 0.15) is 75.3 Å². The monoisotopic (exact) mass is 497 g/mol. The van der Waals surface area contributed by atoms with Crippen LogP contribution in [0, 0.1) is 0 Å². The molecule has 0 spiro atoms. The van der Waals surface area contributed by atoms with Crippen LogP contribution < -0.4 is 5.73 Å². The lowest BCUT2D eigenvalue weighted by atomic mass is 9.72. The number of ketones is 3. The van der Waals surface area contributed by atoms with E-state index < -0.39 is 65.4 Å². The number of phenolic OH excluding ortho intramolecular Hbond substituents is 2. The van der Waals surface area contributed by atoms with Crippen molar-refractivity contribution >= 4 is 17.3 Å². The summed E-state index contributed by atoms with van der Waals surface area (Å²) < 4.78 is 11.9. The van der Waals surface area contributed by atoms with Crippen LogP contribution >= 0.6 is 0 Å². The first-order valence-electron chi connectivity index (χ1n) is 11.8. The molecule has 0 radical (unpaired) electrons. The molecule has 190 valence electrons. The maximum absolute atomic E-state index is 13.3. The zero-order valence-electron chi connectivity index (χ0n) is 19.6. The molecule has 3 aliphatic rings. The molecule has 5 rings (SSSR count). The molecule has 0 unspecified atom stereocenters. The Bertz CT molecular complexity index is 1290. The van der Waals surface area contributed by atoms with Crippen molar-refractivity contribution in [3.63, 3.8) is 0 Å². The molecule has 2 aromatic rings. The molecule has 2 aromatic carbocycles. The van der Waals surface area contributed by atoms with Crippen molar-refractivity contribution in [2.45, 2.75) is 62.7 Å². The smallest absolute Gasteiger partial charge is 0.198 e. The number of hydrogen-bond donors (Lipinski definition) is 5. The summed E-state index contributed by atoms with van der Waals surface area (Å²) in [5.74, 6) is -3.41. The number of phenols is 2. The summed E-state index contributed by atoms with van der Waals surface area (Å²) in [6.07, 6.45) is -2.24. The molecular weight excluding hydrogens is 470 g/mol. The van der Waals surface area contributed by atoms with Gasteiger partial charge in [0, 0.05) is 41.1 Å². The Morgan fingerprint density at radius 3 is 2.31 bits per heavy atom. The zero-order valence-corrected chi connectivity index (χ0v) is 19.6. The highest BCUT2D eigenvalue weighted by Crippen LogP contribution is 2.51. The maximum Gasteiger partial charge on any atom is 0.198 e. The second-order valence-electron chi connectivity index (χ2n) is 9.67. The fourth-order valence-electron chi connectivity index (χ4n) is 5.41. The number of aliphatic hydroxyl groups is 2. The molecule has 0 aromatic heterocycles. The summed E-state index contributed by atoms with van der Waals surface area (Å²) in [4.78, 5) is 39.1. The third-order valence-electron chi connectivity index (χ3n) is 7.46. The Kier molecular flexibility index (Phi) is 5.97. The van der Waals surface area contributed by atoms with Gasteiger partial charge in [-0.15, -0.1) is 0 Å². The van der Waals surface area contributed by atoms with Crippen LogP contribution in [0.25, 0.3) is 0 Å². The minimum atomic E-state index is -2.15. The molecule has 1 aliphatic heterocycles. The first-order valence-corrected chi connectivity index (χ1v) is 11.8. The summed E-state index contributed by atoms with van der Waals surface area (Å²) in [6, 6.07) is 5.86. The third kappa shape index (κ3) is 3.64. The molecule has 6 N–H and O–H groups in total. The standard InChI is InChI=1S/C26H27NO9/c1-11-15(27)6-7-18(35-11)36-16-9-26(34,17(29)10-28)8-14-19(16)25(33)21-20(24(14)32)22(30)12-4-2-3-5-13(12)23(21)31/h2-5,11,15-16,18,28,32-34H,6-10,27H2,1H3/t11-,15+,16-,18-,26-/m0/s1. The highest BCUT2D eigenvalue weighted by Gasteiger charge is 2.49. The number of Topliss-reactive ketones (excluding diaryl/α,β-unsaturated/α-hetero) is 1. The Labute approximate surface area is 206 Å². The molecule has 5 atom stereocenters. The molecule has 2 aliphatic carbocycles. The van der Waals surface area contributed by atoms with Crippen LogP contribution in [-0.2, 0) is 20.7 Å². The Morgan fingerprint density at radius 2 is 1.72 bits per heavy atom. The lowest BCUT2D eigenvalue weighted by molar-refractivity contribution is -0.226. The Hall–Kier alpha value is -3.15. The molecule has 10 heteroatoms. The van der Waals surface area contributed by atoms with Crippen molar-refractivity contribution in [1.82, 2.24) is 0 Å². The third-order valence-corrected chi connectivity index (χ3v) is 7.46. The number of fused-ring (bicyclic) bond motifs is 3. The summed E-state index contributed by atoms with van der Waals surface area (Å²) in [5.41, 5.74) is 3.13. The molecule has 0 saturated carbocycles. The van der Waals surface area contributed by atoms with E-state index in [1.807, 2.05) is 0 Å². The fraction of sp³-hybridized carbons (Fsp3) is 0.423. The number of hydrogen-bond acceptors (Lipinski definition) is 10. The van der Waals surface area contributed by atoms with Gasteiger partial charge in [0.1, 0.15) is 23.7 Å². The van der Waals surface area contributed by atoms with Gasteiger partial charge < -0.3 is 35.6 Å². The number of nitrogens with two attached hydrogens (primary N) is 1. The van der Waals surface area contributed by atoms with E-state index in [2.05, 4.69) is 0 Å². The highest BCUT2D eigenvalue weighted by molar-refractivity contribution is 6.30. The quantitative estimate of drug-likeness (QED) is 0.327. The minimum absolute atomic E-state index is 0.00618. The molecule has 36 heavy (non-hydrogen) atoms. The van der Waals surface area contributed by atoms with Crippen molar-refractivity contribution in [3.8, 4) is 11.5 Å². The summed E-state index contributed by atoms with van der Waals surface area (Å²) in [6.45, 7) is 0.814. The van der Waals surface area contributed by atoms with E-state index in [4.69, 9.17) is 15.2 Å². The number of benzene rings is 2. The molecular formula is C26H27NO9. The molecule has 10 nitrogen and oxygen atoms in total. The van der Waals surface area contributed by atoms with Gasteiger partial charge in [0.2, 0.25) is 0 Å². The minimum Gasteiger partial charge on any atom is -0.507 e. The van der Waals surface area contributed by atoms with Crippen LogP contribution in [0.4, 0.5) is 0 Å². The Balaban J connectivity index is 1.67. The largest absolute Gasteiger partial charge is 0.507 e. The number of aromatic hydroxyl groups is 2. The number of aliphatic hydroxyl groups excluding tert-OH is 1. The summed E-state index contributed by atoms with van der Waals surface area (Å²) in [5, 5.41) is 43.2. The molecule has 1 heterocycles. The van der Waals surface area contributed by atoms with E-state index in [1.54, 1.807) is 19.1 Å². The van der Waals surface area contributed by atoms with Gasteiger partial charge >= 0.3 is 0 Å². The second kappa shape index (κ2) is 8.75. The van der Waals surface area contributed by atoms with Gasteiger partial charge in [-0.2, -0.15) is 0 Å². The van der Waals surface area contributed by atoms with E-state index in [1.165, 1.54) is 12.1 Å². The van der Waals surface area contributed by atoms with Crippen molar-refractivity contribution in [2.24, 2.45) is 5.73 Å². The maximum atomic E-state index is 13.3. The molecule has 0 bridgehead atoms. The average molecular weight is 498 g/mol. The fourth-order valence-corrected chi connectivity index (χ4v) is 5.41. The van der Waals surface area contributed by atoms with E-state index in [9.17, 15) is 34.8 Å². The number of rotatable bonds is 4. The normalized spacial score (nSPS) is 29.3. The van der Waals surface area contributed by atoms with E-state index in [-0.39, 0.29) is 46.4 Å². The number of ether oxygens (including phenoxy) is 2. The van der Waals surface area contributed by atoms with Gasteiger partial charge in [-0.25, -0.2) is 0 Å². The average Bonchev–Trinajstić information content (AvgIpc) is 2.86. The van der Waals surface area contributed by atoms with Crippen molar-refractivity contribution in [3.05, 3.63) is 57.6 Å². The van der Waals surface area contributed by atoms with Crippen molar-refractivity contribution in [2.75, 3.05) is 6.61 Å². The SMILES string of the molecule is C[C@@H]1O[C@@H](O[C@H]2C[C@](O)(C(=O)CO)Cc3c(O)c4c(c(O)c32)C(=O)c2ccccc2C4=O)CC[C@H]1N. The predicted molar refractivity (Wildman–Crippen MR) is 124 cm³/mol. The van der Waals surface area contributed by atoms with Gasteiger partial charge in [-0.1, -0.05) is 24.3 Å². The molecule has 1 saturated heterocycles. The van der Waals surface area contributed by atoms with E-state index in [0.717, 1.165) is 0 Å². The zero-order chi connectivity index (χ0) is 25.9. The number of carbonyl (C=O) groups is 3. The first kappa shape index (κ1) is 24.5. The first-order chi connectivity index (χ1) is 17.1. The second-order valence-corrected chi connectivity index (χ2v) is 9.67. The number of carbonyl (C=O) groups excluding carboxylic acids is 3. The van der Waals surface area contributed by atoms with Gasteiger partial charge in [-0.05, 0) is 19.8 Å². The Morgan fingerprint density at radius 1 is 1.11 bits per heavy atom. The lowest BCUT2D eigenvalue weighted by Gasteiger charge is -2.41. The van der Waals surface area contributed by atoms with Crippen LogP contribution in [0.2, 0.25) is 0 Å². The van der Waals surface area contributed by atoms with Crippen LogP contribution in [0.3, 0.4) is 0 Å². The summed E-state index contributed by atoms with van der Waals surface area (Å²) >= 11 is 0. The van der Waals surface area contributed by atoms with Gasteiger partial charge in [0.25, 0.3) is 0 Å². The molecule has 1 fully saturated rings. The van der Waals surface area contributed by atoms with Crippen LogP contribution in [-0.4, -0.2) is 68.4 Å². The van der Waals surface area contributed by atoms with E-state index >= 15 is 0 Å². The van der Waals surface area contributed by atoms with Crippen LogP contribution in [0.5, 0.6) is 11.5 Å². The van der Waals surface area contributed by atoms with Gasteiger partial charge in [-0.3, -0.25) is 14.4 Å². The topological polar surface area (TPSA) is 177 Å². The molecule has 0 amide bonds. The summed E-state index contributed by atoms with van der Waals surface area (Å²) in [7, 11) is 0. The van der Waals surface area contributed by atoms with Crippen molar-refractivity contribution in [1.29, 1.82) is 0 Å². The van der Waals surface area contributed by atoms with Gasteiger partial charge in [0.15, 0.2) is 23.6 Å².